The van der Waals surface area contributed by atoms with Crippen LogP contribution < -0.4 is 19.5 Å². The summed E-state index contributed by atoms with van der Waals surface area (Å²) in [5, 5.41) is 0. The molecule has 2 aromatic carbocycles. The Balaban J connectivity index is 1.71. The largest absolute Gasteiger partial charge is 0.494 e. The van der Waals surface area contributed by atoms with Gasteiger partial charge in [-0.25, -0.2) is 14.7 Å². The number of fused-ring (bicyclic) bond motifs is 3. The third-order valence-corrected chi connectivity index (χ3v) is 4.36. The summed E-state index contributed by atoms with van der Waals surface area (Å²) in [6.45, 7) is 4.45. The molecule has 2 heterocycles. The van der Waals surface area contributed by atoms with Crippen molar-refractivity contribution < 1.29 is 19.3 Å². The molecule has 25 heavy (non-hydrogen) atoms. The lowest BCUT2D eigenvalue weighted by atomic mass is 10.1. The first-order chi connectivity index (χ1) is 12.1. The number of carbonyl (C=O) groups is 2. The number of ether oxygens (including phenoxy) is 1. The van der Waals surface area contributed by atoms with Gasteiger partial charge in [0.1, 0.15) is 11.4 Å². The van der Waals surface area contributed by atoms with E-state index in [1.54, 1.807) is 30.5 Å². The van der Waals surface area contributed by atoms with E-state index in [-0.39, 0.29) is 11.9 Å². The quantitative estimate of drug-likeness (QED) is 0.865. The maximum Gasteiger partial charge on any atom is 0.337 e. The third-order valence-electron chi connectivity index (χ3n) is 4.36. The number of benzene rings is 2. The minimum absolute atomic E-state index is 0.270. The predicted octanol–water partition coefficient (Wildman–Crippen LogP) is 1.53. The van der Waals surface area contributed by atoms with Crippen LogP contribution in [0.15, 0.2) is 42.5 Å². The first kappa shape index (κ1) is 15.4. The molecule has 3 amide bonds. The average molecular weight is 336 g/mol. The van der Waals surface area contributed by atoms with Crippen LogP contribution in [0.4, 0.5) is 21.9 Å². The molecule has 1 saturated heterocycles. The molecule has 2 aromatic rings. The standard InChI is InChI=1S/C19H17N3O3/c1-3-25-14-7-5-13(6-8-14)21-18(23)17-11-20-15-10-12(2)4-9-16(15)22(17)19(21)24/h4-11,17H,3H2,1-2H3/p+1. The molecule has 4 rings (SSSR count). The molecule has 1 unspecified atom stereocenters. The molecule has 1 fully saturated rings. The summed E-state index contributed by atoms with van der Waals surface area (Å²) in [6, 6.07) is 11.7. The molecule has 6 nitrogen and oxygen atoms in total. The lowest BCUT2D eigenvalue weighted by Crippen LogP contribution is -2.69. The topological polar surface area (TPSA) is 63.8 Å². The number of aryl methyl sites for hydroxylation is 1. The van der Waals surface area contributed by atoms with Gasteiger partial charge in [0.05, 0.1) is 12.3 Å². The van der Waals surface area contributed by atoms with Gasteiger partial charge < -0.3 is 4.74 Å². The van der Waals surface area contributed by atoms with E-state index in [0.29, 0.717) is 23.7 Å². The first-order valence-electron chi connectivity index (χ1n) is 8.20. The molecule has 0 aromatic heterocycles. The van der Waals surface area contributed by atoms with Crippen molar-refractivity contribution in [1.29, 1.82) is 0 Å². The zero-order valence-electron chi connectivity index (χ0n) is 14.0. The Bertz CT molecular complexity index is 889. The molecule has 0 bridgehead atoms. The van der Waals surface area contributed by atoms with Crippen LogP contribution in [-0.2, 0) is 4.79 Å². The van der Waals surface area contributed by atoms with E-state index >= 15 is 0 Å². The van der Waals surface area contributed by atoms with Gasteiger partial charge in [0.25, 0.3) is 5.91 Å². The average Bonchev–Trinajstić information content (AvgIpc) is 2.87. The number of rotatable bonds is 3. The second kappa shape index (κ2) is 5.73. The van der Waals surface area contributed by atoms with Gasteiger partial charge in [-0.05, 0) is 49.7 Å². The van der Waals surface area contributed by atoms with E-state index in [2.05, 4.69) is 4.99 Å². The molecule has 0 aliphatic carbocycles. The molecule has 1 atom stereocenters. The van der Waals surface area contributed by atoms with Crippen LogP contribution in [-0.4, -0.2) is 30.8 Å². The molecule has 2 aliphatic rings. The molecule has 1 N–H and O–H groups in total. The Kier molecular flexibility index (Phi) is 3.53. The molecule has 6 heteroatoms. The van der Waals surface area contributed by atoms with Crippen LogP contribution >= 0.6 is 0 Å². The lowest BCUT2D eigenvalue weighted by molar-refractivity contribution is -0.350. The van der Waals surface area contributed by atoms with E-state index in [0.717, 1.165) is 11.3 Å². The minimum atomic E-state index is -0.644. The smallest absolute Gasteiger partial charge is 0.337 e. The van der Waals surface area contributed by atoms with Crippen molar-refractivity contribution in [2.24, 2.45) is 0 Å². The van der Waals surface area contributed by atoms with E-state index in [1.807, 2.05) is 32.0 Å². The Hall–Kier alpha value is -3.15. The van der Waals surface area contributed by atoms with Crippen LogP contribution in [0.3, 0.4) is 0 Å². The summed E-state index contributed by atoms with van der Waals surface area (Å²) in [5.41, 5.74) is 3.16. The van der Waals surface area contributed by atoms with E-state index in [9.17, 15) is 9.59 Å². The van der Waals surface area contributed by atoms with Crippen molar-refractivity contribution in [3.8, 4) is 5.75 Å². The van der Waals surface area contributed by atoms with Crippen LogP contribution in [0.1, 0.15) is 12.5 Å². The summed E-state index contributed by atoms with van der Waals surface area (Å²) >= 11 is 0. The van der Waals surface area contributed by atoms with E-state index < -0.39 is 6.04 Å². The van der Waals surface area contributed by atoms with Crippen molar-refractivity contribution in [2.45, 2.75) is 19.9 Å². The Morgan fingerprint density at radius 3 is 2.60 bits per heavy atom. The fraction of sp³-hybridized carbons (Fsp3) is 0.211. The summed E-state index contributed by atoms with van der Waals surface area (Å²) in [6.07, 6.45) is 1.66. The van der Waals surface area contributed by atoms with Gasteiger partial charge in [-0.15, -0.1) is 0 Å². The number of amides is 3. The van der Waals surface area contributed by atoms with Crippen molar-refractivity contribution in [1.82, 2.24) is 0 Å². The van der Waals surface area contributed by atoms with Gasteiger partial charge in [0.15, 0.2) is 12.3 Å². The fourth-order valence-corrected chi connectivity index (χ4v) is 3.20. The van der Waals surface area contributed by atoms with E-state index in [4.69, 9.17) is 4.74 Å². The fourth-order valence-electron chi connectivity index (χ4n) is 3.20. The molecule has 0 saturated carbocycles. The lowest BCUT2D eigenvalue weighted by Gasteiger charge is -2.21. The summed E-state index contributed by atoms with van der Waals surface area (Å²) < 4.78 is 5.41. The zero-order valence-corrected chi connectivity index (χ0v) is 14.0. The molecule has 0 spiro atoms. The number of imide groups is 1. The predicted molar refractivity (Wildman–Crippen MR) is 94.6 cm³/mol. The Morgan fingerprint density at radius 1 is 1.12 bits per heavy atom. The molecule has 2 aliphatic heterocycles. The van der Waals surface area contributed by atoms with Gasteiger partial charge in [-0.2, -0.15) is 0 Å². The van der Waals surface area contributed by atoms with Crippen LogP contribution in [0.25, 0.3) is 0 Å². The zero-order chi connectivity index (χ0) is 17.6. The highest BCUT2D eigenvalue weighted by Crippen LogP contribution is 2.34. The van der Waals surface area contributed by atoms with Crippen LogP contribution in [0, 0.1) is 6.92 Å². The maximum absolute atomic E-state index is 13.0. The molecular weight excluding hydrogens is 318 g/mol. The van der Waals surface area contributed by atoms with Gasteiger partial charge in [0.2, 0.25) is 5.69 Å². The minimum Gasteiger partial charge on any atom is -0.494 e. The Morgan fingerprint density at radius 2 is 1.88 bits per heavy atom. The summed E-state index contributed by atoms with van der Waals surface area (Å²) in [7, 11) is 0. The highest BCUT2D eigenvalue weighted by molar-refractivity contribution is 6.33. The van der Waals surface area contributed by atoms with Crippen molar-refractivity contribution in [2.75, 3.05) is 16.4 Å². The second-order valence-electron chi connectivity index (χ2n) is 6.03. The highest BCUT2D eigenvalue weighted by Gasteiger charge is 2.50. The number of urea groups is 1. The monoisotopic (exact) mass is 336 g/mol. The first-order valence-corrected chi connectivity index (χ1v) is 8.20. The second-order valence-corrected chi connectivity index (χ2v) is 6.03. The van der Waals surface area contributed by atoms with Gasteiger partial charge in [-0.3, -0.25) is 9.69 Å². The SMILES string of the molecule is CCOc1ccc(N2C(=O)C3C=[NH+]c4cc(C)ccc4N3C2=O)cc1. The number of nitrogens with one attached hydrogen (secondary N) is 1. The normalized spacial score (nSPS) is 18.4. The van der Waals surface area contributed by atoms with Crippen LogP contribution in [0.5, 0.6) is 5.75 Å². The molecule has 126 valence electrons. The van der Waals surface area contributed by atoms with Crippen molar-refractivity contribution >= 4 is 35.2 Å². The van der Waals surface area contributed by atoms with Gasteiger partial charge in [-0.1, -0.05) is 6.07 Å². The van der Waals surface area contributed by atoms with Gasteiger partial charge >= 0.3 is 6.03 Å². The number of carbonyl (C=O) groups excluding carboxylic acids is 2. The number of hydrogen-bond acceptors (Lipinski definition) is 3. The van der Waals surface area contributed by atoms with E-state index in [1.165, 1.54) is 9.80 Å². The number of anilines is 2. The van der Waals surface area contributed by atoms with Gasteiger partial charge in [0, 0.05) is 6.07 Å². The van der Waals surface area contributed by atoms with Crippen molar-refractivity contribution in [3.63, 3.8) is 0 Å². The number of nitrogens with zero attached hydrogens (tertiary/aromatic N) is 2. The maximum atomic E-state index is 13.0. The highest BCUT2D eigenvalue weighted by atomic mass is 16.5. The number of hydrogen-bond donors (Lipinski definition) is 1. The van der Waals surface area contributed by atoms with Crippen LogP contribution in [0.2, 0.25) is 0 Å². The third kappa shape index (κ3) is 2.38. The summed E-state index contributed by atoms with van der Waals surface area (Å²) in [4.78, 5) is 31.6. The molecule has 0 radical (unpaired) electrons. The van der Waals surface area contributed by atoms with Crippen molar-refractivity contribution in [3.05, 3.63) is 48.0 Å². The summed E-state index contributed by atoms with van der Waals surface area (Å²) in [5.74, 6) is 0.435. The molecular formula is C19H18N3O3+. The Labute approximate surface area is 145 Å².